The van der Waals surface area contributed by atoms with Crippen molar-refractivity contribution in [2.45, 2.75) is 50.4 Å². The number of aliphatic hydroxyl groups excluding tert-OH is 2. The lowest BCUT2D eigenvalue weighted by Gasteiger charge is -2.22. The third kappa shape index (κ3) is 4.27. The Morgan fingerprint density at radius 1 is 1.28 bits per heavy atom. The van der Waals surface area contributed by atoms with Crippen molar-refractivity contribution >= 4 is 17.6 Å². The van der Waals surface area contributed by atoms with Crippen LogP contribution in [0.3, 0.4) is 0 Å². The predicted octanol–water partition coefficient (Wildman–Crippen LogP) is 4.59. The van der Waals surface area contributed by atoms with Crippen molar-refractivity contribution in [1.82, 2.24) is 0 Å². The standard InChI is InChI=1S/C25H26ClFO5/c1-13(15-4-2-3-5-19(15)27)20(28)11-10-16-17-8-6-14-7-9-18(25(30)31)23(26)24(14)32-22(17)12-21(16)29/h2-5,7,9-11,13,16-17,20-22,28-29H,6,8,12H2,1H3,(H,30,31)/b11-10+/t13?,16-,17-,20?,21-,22+/m1/s1. The Hall–Kier alpha value is -2.41. The smallest absolute Gasteiger partial charge is 0.337 e. The summed E-state index contributed by atoms with van der Waals surface area (Å²) >= 11 is 6.32. The number of fused-ring (bicyclic) bond motifs is 2. The van der Waals surface area contributed by atoms with E-state index in [1.165, 1.54) is 12.1 Å². The van der Waals surface area contributed by atoms with Gasteiger partial charge in [0, 0.05) is 24.2 Å². The first kappa shape index (κ1) is 22.8. The van der Waals surface area contributed by atoms with Gasteiger partial charge in [-0.25, -0.2) is 9.18 Å². The maximum atomic E-state index is 14.1. The minimum atomic E-state index is -1.12. The molecule has 5 nitrogen and oxygen atoms in total. The molecular formula is C25H26ClFO5. The molecule has 2 aromatic carbocycles. The van der Waals surface area contributed by atoms with Gasteiger partial charge in [-0.15, -0.1) is 0 Å². The van der Waals surface area contributed by atoms with Crippen molar-refractivity contribution in [1.29, 1.82) is 0 Å². The Labute approximate surface area is 191 Å². The van der Waals surface area contributed by atoms with Crippen molar-refractivity contribution < 1.29 is 29.2 Å². The van der Waals surface area contributed by atoms with Crippen LogP contribution in [-0.2, 0) is 6.42 Å². The number of carboxylic acid groups (broad SMARTS) is 1. The summed E-state index contributed by atoms with van der Waals surface area (Å²) in [6.07, 6.45) is 3.29. The molecule has 1 saturated carbocycles. The molecule has 0 saturated heterocycles. The Bertz CT molecular complexity index is 1040. The van der Waals surface area contributed by atoms with Gasteiger partial charge in [0.2, 0.25) is 0 Å². The second-order valence-electron chi connectivity index (χ2n) is 8.65. The third-order valence-electron chi connectivity index (χ3n) is 6.75. The number of benzene rings is 2. The topological polar surface area (TPSA) is 87.0 Å². The van der Waals surface area contributed by atoms with Gasteiger partial charge in [-0.3, -0.25) is 0 Å². The van der Waals surface area contributed by atoms with Gasteiger partial charge >= 0.3 is 5.97 Å². The summed E-state index contributed by atoms with van der Waals surface area (Å²) in [5.74, 6) is -1.80. The highest BCUT2D eigenvalue weighted by Gasteiger charge is 2.44. The number of hydrogen-bond donors (Lipinski definition) is 3. The second-order valence-corrected chi connectivity index (χ2v) is 9.02. The van der Waals surface area contributed by atoms with E-state index in [9.17, 15) is 24.5 Å². The molecule has 2 aliphatic rings. The molecule has 1 aliphatic heterocycles. The SMILES string of the molecule is CC(c1ccccc1F)C(O)/C=C/[C@@H]1[C@H]2CCc3ccc(C(=O)O)c(Cl)c3O[C@H]2C[C@H]1O. The van der Waals surface area contributed by atoms with Crippen LogP contribution in [0.5, 0.6) is 5.75 Å². The van der Waals surface area contributed by atoms with E-state index < -0.39 is 24.1 Å². The van der Waals surface area contributed by atoms with Crippen LogP contribution < -0.4 is 4.74 Å². The van der Waals surface area contributed by atoms with E-state index in [1.54, 1.807) is 43.3 Å². The largest absolute Gasteiger partial charge is 0.488 e. The molecule has 32 heavy (non-hydrogen) atoms. The molecule has 2 aromatic rings. The summed E-state index contributed by atoms with van der Waals surface area (Å²) in [7, 11) is 0. The minimum Gasteiger partial charge on any atom is -0.488 e. The molecule has 170 valence electrons. The van der Waals surface area contributed by atoms with Gasteiger partial charge in [0.05, 0.1) is 22.8 Å². The lowest BCUT2D eigenvalue weighted by molar-refractivity contribution is 0.0695. The summed E-state index contributed by atoms with van der Waals surface area (Å²) in [5, 5.41) is 30.7. The zero-order chi connectivity index (χ0) is 23.0. The maximum absolute atomic E-state index is 14.1. The van der Waals surface area contributed by atoms with Crippen molar-refractivity contribution in [3.05, 3.63) is 76.1 Å². The Morgan fingerprint density at radius 2 is 2.03 bits per heavy atom. The first-order valence-electron chi connectivity index (χ1n) is 10.8. The molecule has 1 aliphatic carbocycles. The van der Waals surface area contributed by atoms with E-state index in [-0.39, 0.29) is 34.3 Å². The Morgan fingerprint density at radius 3 is 2.75 bits per heavy atom. The fourth-order valence-corrected chi connectivity index (χ4v) is 5.19. The van der Waals surface area contributed by atoms with Gasteiger partial charge in [-0.1, -0.05) is 54.9 Å². The predicted molar refractivity (Wildman–Crippen MR) is 119 cm³/mol. The second kappa shape index (κ2) is 9.22. The molecular weight excluding hydrogens is 435 g/mol. The highest BCUT2D eigenvalue weighted by molar-refractivity contribution is 6.35. The van der Waals surface area contributed by atoms with Crippen LogP contribution in [0.15, 0.2) is 48.6 Å². The number of aromatic carboxylic acids is 1. The van der Waals surface area contributed by atoms with Gasteiger partial charge in [-0.05, 0) is 36.1 Å². The summed E-state index contributed by atoms with van der Waals surface area (Å²) < 4.78 is 20.2. The van der Waals surface area contributed by atoms with Crippen molar-refractivity contribution in [3.63, 3.8) is 0 Å². The normalized spacial score (nSPS) is 26.7. The molecule has 0 spiro atoms. The number of carboxylic acids is 1. The zero-order valence-corrected chi connectivity index (χ0v) is 18.4. The third-order valence-corrected chi connectivity index (χ3v) is 7.13. The molecule has 6 atom stereocenters. The van der Waals surface area contributed by atoms with Crippen molar-refractivity contribution in [2.75, 3.05) is 0 Å². The van der Waals surface area contributed by atoms with Crippen LogP contribution in [-0.4, -0.2) is 39.6 Å². The van der Waals surface area contributed by atoms with Gasteiger partial charge in [0.1, 0.15) is 17.7 Å². The van der Waals surface area contributed by atoms with E-state index in [1.807, 2.05) is 0 Å². The number of rotatable bonds is 5. The molecule has 0 aromatic heterocycles. The van der Waals surface area contributed by atoms with Crippen LogP contribution in [0.2, 0.25) is 5.02 Å². The molecule has 0 bridgehead atoms. The van der Waals surface area contributed by atoms with E-state index in [0.29, 0.717) is 24.2 Å². The zero-order valence-electron chi connectivity index (χ0n) is 17.6. The minimum absolute atomic E-state index is 0.0101. The summed E-state index contributed by atoms with van der Waals surface area (Å²) in [5.41, 5.74) is 1.27. The van der Waals surface area contributed by atoms with Crippen LogP contribution >= 0.6 is 11.6 Å². The lowest BCUT2D eigenvalue weighted by atomic mass is 9.87. The Kier molecular flexibility index (Phi) is 6.56. The van der Waals surface area contributed by atoms with Crippen molar-refractivity contribution in [3.8, 4) is 5.75 Å². The number of aliphatic hydroxyl groups is 2. The first-order valence-corrected chi connectivity index (χ1v) is 11.2. The molecule has 4 rings (SSSR count). The molecule has 7 heteroatoms. The van der Waals surface area contributed by atoms with E-state index in [4.69, 9.17) is 16.3 Å². The summed E-state index contributed by atoms with van der Waals surface area (Å²) in [6.45, 7) is 1.76. The quantitative estimate of drug-likeness (QED) is 0.568. The average molecular weight is 461 g/mol. The molecule has 3 N–H and O–H groups in total. The average Bonchev–Trinajstić information content (AvgIpc) is 2.93. The van der Waals surface area contributed by atoms with Crippen LogP contribution in [0.4, 0.5) is 4.39 Å². The molecule has 0 radical (unpaired) electrons. The van der Waals surface area contributed by atoms with Crippen LogP contribution in [0.25, 0.3) is 0 Å². The van der Waals surface area contributed by atoms with E-state index in [2.05, 4.69) is 0 Å². The first-order chi connectivity index (χ1) is 15.3. The number of ether oxygens (including phenoxy) is 1. The van der Waals surface area contributed by atoms with Crippen LogP contribution in [0, 0.1) is 17.7 Å². The van der Waals surface area contributed by atoms with Gasteiger partial charge in [0.15, 0.2) is 0 Å². The summed E-state index contributed by atoms with van der Waals surface area (Å²) in [4.78, 5) is 11.4. The van der Waals surface area contributed by atoms with Gasteiger partial charge in [-0.2, -0.15) is 0 Å². The fraction of sp³-hybridized carbons (Fsp3) is 0.400. The van der Waals surface area contributed by atoms with E-state index >= 15 is 0 Å². The highest BCUT2D eigenvalue weighted by Crippen LogP contribution is 2.45. The lowest BCUT2D eigenvalue weighted by Crippen LogP contribution is -2.24. The maximum Gasteiger partial charge on any atom is 0.337 e. The number of hydrogen-bond acceptors (Lipinski definition) is 4. The van der Waals surface area contributed by atoms with Crippen molar-refractivity contribution in [2.24, 2.45) is 11.8 Å². The molecule has 1 fully saturated rings. The van der Waals surface area contributed by atoms with Gasteiger partial charge < -0.3 is 20.1 Å². The summed E-state index contributed by atoms with van der Waals surface area (Å²) in [6, 6.07) is 9.59. The fourth-order valence-electron chi connectivity index (χ4n) is 4.88. The monoisotopic (exact) mass is 460 g/mol. The molecule has 1 heterocycles. The number of aryl methyl sites for hydroxylation is 1. The number of carbonyl (C=O) groups is 1. The Balaban J connectivity index is 1.52. The molecule has 0 amide bonds. The van der Waals surface area contributed by atoms with E-state index in [0.717, 1.165) is 12.0 Å². The molecule has 2 unspecified atom stereocenters. The number of halogens is 2. The van der Waals surface area contributed by atoms with Crippen LogP contribution in [0.1, 0.15) is 47.2 Å². The highest BCUT2D eigenvalue weighted by atomic mass is 35.5. The van der Waals surface area contributed by atoms with Gasteiger partial charge in [0.25, 0.3) is 0 Å².